The van der Waals surface area contributed by atoms with E-state index in [0.717, 1.165) is 18.5 Å². The number of amides is 1. The van der Waals surface area contributed by atoms with Gasteiger partial charge in [-0.15, -0.1) is 0 Å². The average molecular weight is 331 g/mol. The average Bonchev–Trinajstić information content (AvgIpc) is 3.21. The van der Waals surface area contributed by atoms with E-state index in [4.69, 9.17) is 0 Å². The molecule has 0 aliphatic heterocycles. The van der Waals surface area contributed by atoms with Gasteiger partial charge in [-0.25, -0.2) is 9.20 Å². The van der Waals surface area contributed by atoms with Gasteiger partial charge in [0.05, 0.1) is 11.3 Å². The molecule has 2 saturated carbocycles. The minimum Gasteiger partial charge on any atom is -0.390 e. The Morgan fingerprint density at radius 3 is 2.75 bits per heavy atom. The van der Waals surface area contributed by atoms with Crippen LogP contribution in [-0.2, 0) is 11.3 Å². The lowest BCUT2D eigenvalue weighted by Gasteiger charge is -2.41. The third kappa shape index (κ3) is 2.71. The van der Waals surface area contributed by atoms with Gasteiger partial charge in [-0.1, -0.05) is 0 Å². The van der Waals surface area contributed by atoms with Crippen molar-refractivity contribution >= 4 is 11.4 Å². The number of nitrogens with zero attached hydrogens (tertiary/aromatic N) is 4. The van der Waals surface area contributed by atoms with Crippen molar-refractivity contribution < 1.29 is 9.90 Å². The van der Waals surface area contributed by atoms with Crippen LogP contribution in [0.15, 0.2) is 10.9 Å². The molecule has 1 amide bonds. The van der Waals surface area contributed by atoms with Crippen LogP contribution in [0.25, 0.3) is 5.52 Å². The van der Waals surface area contributed by atoms with Gasteiger partial charge >= 0.3 is 0 Å². The number of rotatable bonds is 4. The molecular weight excluding hydrogens is 310 g/mol. The predicted octanol–water partition coefficient (Wildman–Crippen LogP) is 0.106. The number of carbonyl (C=O) groups excluding carboxylic acids is 1. The maximum atomic E-state index is 12.6. The molecule has 0 atom stereocenters. The zero-order valence-corrected chi connectivity index (χ0v) is 13.8. The van der Waals surface area contributed by atoms with E-state index in [2.05, 4.69) is 15.5 Å². The molecule has 0 spiro atoms. The van der Waals surface area contributed by atoms with Crippen LogP contribution in [0, 0.1) is 6.92 Å². The molecule has 2 aromatic heterocycles. The number of aliphatic hydroxyl groups is 1. The van der Waals surface area contributed by atoms with Crippen LogP contribution in [0.3, 0.4) is 0 Å². The van der Waals surface area contributed by atoms with Gasteiger partial charge in [-0.3, -0.25) is 9.59 Å². The molecule has 2 N–H and O–H groups in total. The minimum absolute atomic E-state index is 0.0375. The molecule has 0 aromatic carbocycles. The molecule has 4 rings (SSSR count). The molecule has 0 unspecified atom stereocenters. The molecule has 8 heteroatoms. The van der Waals surface area contributed by atoms with Crippen molar-refractivity contribution in [2.75, 3.05) is 0 Å². The van der Waals surface area contributed by atoms with Gasteiger partial charge in [0, 0.05) is 12.0 Å². The third-order valence-corrected chi connectivity index (χ3v) is 4.78. The molecule has 2 aromatic rings. The summed E-state index contributed by atoms with van der Waals surface area (Å²) in [4.78, 5) is 24.7. The van der Waals surface area contributed by atoms with E-state index < -0.39 is 5.60 Å². The number of aryl methyl sites for hydroxylation is 1. The Hall–Kier alpha value is -2.22. The lowest BCUT2D eigenvalue weighted by atomic mass is 9.77. The van der Waals surface area contributed by atoms with Gasteiger partial charge < -0.3 is 10.4 Å². The van der Waals surface area contributed by atoms with Gasteiger partial charge in [-0.05, 0) is 45.6 Å². The van der Waals surface area contributed by atoms with E-state index in [9.17, 15) is 14.7 Å². The number of aromatic nitrogens is 4. The van der Waals surface area contributed by atoms with Gasteiger partial charge in [0.1, 0.15) is 17.9 Å². The van der Waals surface area contributed by atoms with E-state index in [1.807, 2.05) is 6.07 Å². The van der Waals surface area contributed by atoms with Crippen molar-refractivity contribution in [2.45, 2.75) is 63.6 Å². The summed E-state index contributed by atoms with van der Waals surface area (Å²) in [5, 5.41) is 21.2. The highest BCUT2D eigenvalue weighted by atomic mass is 16.3. The maximum absolute atomic E-state index is 12.6. The van der Waals surface area contributed by atoms with Crippen LogP contribution in [0.2, 0.25) is 0 Å². The Bertz CT molecular complexity index is 870. The van der Waals surface area contributed by atoms with Crippen LogP contribution in [0.5, 0.6) is 0 Å². The highest BCUT2D eigenvalue weighted by Crippen LogP contribution is 2.39. The Balaban J connectivity index is 1.54. The summed E-state index contributed by atoms with van der Waals surface area (Å²) in [6, 6.07) is 1.77. The van der Waals surface area contributed by atoms with E-state index in [-0.39, 0.29) is 24.1 Å². The first-order valence-corrected chi connectivity index (χ1v) is 8.31. The number of carbonyl (C=O) groups is 1. The first kappa shape index (κ1) is 15.3. The highest BCUT2D eigenvalue weighted by molar-refractivity contribution is 5.76. The van der Waals surface area contributed by atoms with Crippen molar-refractivity contribution in [3.05, 3.63) is 27.9 Å². The zero-order valence-electron chi connectivity index (χ0n) is 13.8. The van der Waals surface area contributed by atoms with Crippen LogP contribution in [-0.4, -0.2) is 42.1 Å². The predicted molar refractivity (Wildman–Crippen MR) is 85.7 cm³/mol. The number of hydrogen-bond acceptors (Lipinski definition) is 5. The Morgan fingerprint density at radius 2 is 2.12 bits per heavy atom. The normalized spacial score (nSPS) is 26.4. The van der Waals surface area contributed by atoms with Crippen LogP contribution >= 0.6 is 0 Å². The molecule has 2 heterocycles. The minimum atomic E-state index is -0.695. The maximum Gasteiger partial charge on any atom is 0.293 e. The lowest BCUT2D eigenvalue weighted by molar-refractivity contribution is -0.125. The number of hydrogen-bond donors (Lipinski definition) is 2. The van der Waals surface area contributed by atoms with Gasteiger partial charge in [0.15, 0.2) is 0 Å². The van der Waals surface area contributed by atoms with Crippen molar-refractivity contribution in [3.8, 4) is 0 Å². The van der Waals surface area contributed by atoms with Crippen LogP contribution < -0.4 is 10.9 Å². The summed E-state index contributed by atoms with van der Waals surface area (Å²) in [5.74, 6) is 0.763. The Kier molecular flexibility index (Phi) is 3.28. The molecular formula is C16H21N5O3. The van der Waals surface area contributed by atoms with Crippen molar-refractivity contribution in [1.82, 2.24) is 24.7 Å². The molecule has 0 bridgehead atoms. The lowest BCUT2D eigenvalue weighted by Crippen LogP contribution is -2.54. The van der Waals surface area contributed by atoms with Gasteiger partial charge in [-0.2, -0.15) is 10.2 Å². The van der Waals surface area contributed by atoms with Gasteiger partial charge in [0.25, 0.3) is 5.56 Å². The highest BCUT2D eigenvalue weighted by Gasteiger charge is 2.39. The third-order valence-electron chi connectivity index (χ3n) is 4.78. The molecule has 2 fully saturated rings. The van der Waals surface area contributed by atoms with Crippen LogP contribution in [0.4, 0.5) is 0 Å². The van der Waals surface area contributed by atoms with Crippen LogP contribution in [0.1, 0.15) is 50.0 Å². The van der Waals surface area contributed by atoms with E-state index in [1.54, 1.807) is 18.4 Å². The second-order valence-electron chi connectivity index (χ2n) is 7.32. The number of nitrogens with one attached hydrogen (secondary N) is 1. The van der Waals surface area contributed by atoms with E-state index >= 15 is 0 Å². The standard InChI is InChI=1S/C16H21N5O3/c1-9-18-20(8-14(22)17-11-6-16(2,24)7-11)15(23)13-5-12(10-3-4-10)19-21(9)13/h5,10-11,24H,3-4,6-8H2,1-2H3,(H,17,22)/t11-,16+. The van der Waals surface area contributed by atoms with Gasteiger partial charge in [0.2, 0.25) is 5.91 Å². The molecule has 128 valence electrons. The molecule has 2 aliphatic carbocycles. The second-order valence-corrected chi connectivity index (χ2v) is 7.32. The summed E-state index contributed by atoms with van der Waals surface area (Å²) < 4.78 is 2.75. The first-order chi connectivity index (χ1) is 11.3. The second kappa shape index (κ2) is 5.14. The quantitative estimate of drug-likeness (QED) is 0.828. The fourth-order valence-corrected chi connectivity index (χ4v) is 3.39. The molecule has 24 heavy (non-hydrogen) atoms. The van der Waals surface area contributed by atoms with Crippen molar-refractivity contribution in [3.63, 3.8) is 0 Å². The topological polar surface area (TPSA) is 102 Å². The first-order valence-electron chi connectivity index (χ1n) is 8.31. The monoisotopic (exact) mass is 331 g/mol. The SMILES string of the molecule is Cc1nn(CC(=O)N[C@H]2C[C@@](C)(O)C2)c(=O)c2cc(C3CC3)nn12. The zero-order chi connectivity index (χ0) is 17.1. The fraction of sp³-hybridized carbons (Fsp3) is 0.625. The van der Waals surface area contributed by atoms with Crippen molar-refractivity contribution in [1.29, 1.82) is 0 Å². The van der Waals surface area contributed by atoms with E-state index in [0.29, 0.717) is 30.1 Å². The summed E-state index contributed by atoms with van der Waals surface area (Å²) in [6.07, 6.45) is 3.29. The fourth-order valence-electron chi connectivity index (χ4n) is 3.39. The molecule has 2 aliphatic rings. The smallest absolute Gasteiger partial charge is 0.293 e. The van der Waals surface area contributed by atoms with E-state index in [1.165, 1.54) is 4.68 Å². The molecule has 0 radical (unpaired) electrons. The summed E-state index contributed by atoms with van der Waals surface area (Å²) in [5.41, 5.74) is 0.384. The molecule has 8 nitrogen and oxygen atoms in total. The number of fused-ring (bicyclic) bond motifs is 1. The summed E-state index contributed by atoms with van der Waals surface area (Å²) >= 11 is 0. The summed E-state index contributed by atoms with van der Waals surface area (Å²) in [7, 11) is 0. The van der Waals surface area contributed by atoms with Crippen molar-refractivity contribution in [2.24, 2.45) is 0 Å². The molecule has 0 saturated heterocycles. The largest absolute Gasteiger partial charge is 0.390 e. The Labute approximate surface area is 138 Å². The summed E-state index contributed by atoms with van der Waals surface area (Å²) in [6.45, 7) is 3.39. The Morgan fingerprint density at radius 1 is 1.42 bits per heavy atom.